The molecule has 2 nitrogen and oxygen atoms in total. The van der Waals surface area contributed by atoms with Gasteiger partial charge in [0, 0.05) is 0 Å². The molecule has 0 aliphatic heterocycles. The van der Waals surface area contributed by atoms with Crippen molar-refractivity contribution in [2.24, 2.45) is 0 Å². The lowest BCUT2D eigenvalue weighted by atomic mass is 10.1. The second kappa shape index (κ2) is 4.08. The van der Waals surface area contributed by atoms with Crippen molar-refractivity contribution < 1.29 is 22.7 Å². The summed E-state index contributed by atoms with van der Waals surface area (Å²) >= 11 is 0. The zero-order chi connectivity index (χ0) is 12.5. The van der Waals surface area contributed by atoms with Crippen LogP contribution < -0.4 is 4.74 Å². The van der Waals surface area contributed by atoms with Crippen molar-refractivity contribution in [3.05, 3.63) is 42.5 Å². The molecular weight excluding hydrogens is 233 g/mol. The van der Waals surface area contributed by atoms with E-state index in [1.165, 1.54) is 12.1 Å². The summed E-state index contributed by atoms with van der Waals surface area (Å²) in [4.78, 5) is 10.6. The third-order valence-electron chi connectivity index (χ3n) is 2.16. The normalized spacial score (nSPS) is 11.5. The minimum absolute atomic E-state index is 0.119. The molecular formula is C12H7F3O2. The largest absolute Gasteiger partial charge is 0.491 e. The first kappa shape index (κ1) is 11.4. The summed E-state index contributed by atoms with van der Waals surface area (Å²) < 4.78 is 40.1. The van der Waals surface area contributed by atoms with Crippen LogP contribution in [0.25, 0.3) is 10.8 Å². The van der Waals surface area contributed by atoms with Gasteiger partial charge in [-0.15, -0.1) is 0 Å². The SMILES string of the molecule is O=C(Oc1ccc2ccccc2c1)C(F)(F)F. The van der Waals surface area contributed by atoms with E-state index in [-0.39, 0.29) is 5.75 Å². The molecule has 0 unspecified atom stereocenters. The van der Waals surface area contributed by atoms with Crippen molar-refractivity contribution in [3.8, 4) is 5.75 Å². The van der Waals surface area contributed by atoms with Gasteiger partial charge in [0.25, 0.3) is 0 Å². The molecule has 0 atom stereocenters. The number of hydrogen-bond donors (Lipinski definition) is 0. The van der Waals surface area contributed by atoms with Gasteiger partial charge in [0.2, 0.25) is 0 Å². The average molecular weight is 240 g/mol. The Balaban J connectivity index is 2.29. The van der Waals surface area contributed by atoms with Crippen LogP contribution in [-0.2, 0) is 4.79 Å². The van der Waals surface area contributed by atoms with Gasteiger partial charge in [-0.3, -0.25) is 0 Å². The summed E-state index contributed by atoms with van der Waals surface area (Å²) in [5, 5.41) is 1.57. The zero-order valence-electron chi connectivity index (χ0n) is 8.49. The summed E-state index contributed by atoms with van der Waals surface area (Å²) in [5.74, 6) is -2.33. The number of rotatable bonds is 1. The highest BCUT2D eigenvalue weighted by Gasteiger charge is 2.41. The van der Waals surface area contributed by atoms with Crippen molar-refractivity contribution in [1.29, 1.82) is 0 Å². The molecule has 0 heterocycles. The molecule has 0 amide bonds. The predicted molar refractivity (Wildman–Crippen MR) is 55.6 cm³/mol. The van der Waals surface area contributed by atoms with Crippen molar-refractivity contribution in [3.63, 3.8) is 0 Å². The molecule has 0 aliphatic rings. The minimum atomic E-state index is -4.98. The number of halogens is 3. The smallest absolute Gasteiger partial charge is 0.420 e. The predicted octanol–water partition coefficient (Wildman–Crippen LogP) is 3.31. The number of benzene rings is 2. The van der Waals surface area contributed by atoms with Crippen LogP contribution in [-0.4, -0.2) is 12.1 Å². The summed E-state index contributed by atoms with van der Waals surface area (Å²) in [6.07, 6.45) is -4.98. The van der Waals surface area contributed by atoms with Gasteiger partial charge in [-0.2, -0.15) is 13.2 Å². The van der Waals surface area contributed by atoms with Crippen LogP contribution in [0.5, 0.6) is 5.75 Å². The summed E-state index contributed by atoms with van der Waals surface area (Å²) in [7, 11) is 0. The van der Waals surface area contributed by atoms with Crippen molar-refractivity contribution in [1.82, 2.24) is 0 Å². The first-order valence-electron chi connectivity index (χ1n) is 4.74. The van der Waals surface area contributed by atoms with E-state index in [4.69, 9.17) is 0 Å². The van der Waals surface area contributed by atoms with E-state index in [2.05, 4.69) is 4.74 Å². The van der Waals surface area contributed by atoms with Crippen molar-refractivity contribution >= 4 is 16.7 Å². The molecule has 5 heteroatoms. The molecule has 0 radical (unpaired) electrons. The van der Waals surface area contributed by atoms with Crippen LogP contribution in [0.4, 0.5) is 13.2 Å². The van der Waals surface area contributed by atoms with Crippen LogP contribution >= 0.6 is 0 Å². The van der Waals surface area contributed by atoms with E-state index in [0.29, 0.717) is 5.39 Å². The van der Waals surface area contributed by atoms with Crippen LogP contribution in [0.3, 0.4) is 0 Å². The summed E-state index contributed by atoms with van der Waals surface area (Å²) in [6, 6.07) is 11.4. The lowest BCUT2D eigenvalue weighted by Crippen LogP contribution is -2.27. The van der Waals surface area contributed by atoms with Gasteiger partial charge in [0.05, 0.1) is 0 Å². The van der Waals surface area contributed by atoms with Gasteiger partial charge in [-0.25, -0.2) is 4.79 Å². The van der Waals surface area contributed by atoms with E-state index >= 15 is 0 Å². The number of fused-ring (bicyclic) bond motifs is 1. The monoisotopic (exact) mass is 240 g/mol. The number of hydrogen-bond acceptors (Lipinski definition) is 2. The molecule has 17 heavy (non-hydrogen) atoms. The Kier molecular flexibility index (Phi) is 2.75. The molecule has 2 aromatic rings. The Morgan fingerprint density at radius 1 is 1.00 bits per heavy atom. The van der Waals surface area contributed by atoms with Gasteiger partial charge in [0.15, 0.2) is 0 Å². The first-order chi connectivity index (χ1) is 7.97. The van der Waals surface area contributed by atoms with Crippen LogP contribution in [0.2, 0.25) is 0 Å². The molecule has 0 N–H and O–H groups in total. The molecule has 88 valence electrons. The fourth-order valence-corrected chi connectivity index (χ4v) is 1.40. The highest BCUT2D eigenvalue weighted by atomic mass is 19.4. The van der Waals surface area contributed by atoms with E-state index in [1.54, 1.807) is 18.2 Å². The Morgan fingerprint density at radius 3 is 2.29 bits per heavy atom. The van der Waals surface area contributed by atoms with Gasteiger partial charge >= 0.3 is 12.1 Å². The molecule has 0 aromatic heterocycles. The standard InChI is InChI=1S/C12H7F3O2/c13-12(14,15)11(16)17-10-6-5-8-3-1-2-4-9(8)7-10/h1-7H. The average Bonchev–Trinajstić information content (AvgIpc) is 2.27. The third-order valence-corrected chi connectivity index (χ3v) is 2.16. The van der Waals surface area contributed by atoms with E-state index in [0.717, 1.165) is 5.39 Å². The Morgan fingerprint density at radius 2 is 1.65 bits per heavy atom. The van der Waals surface area contributed by atoms with E-state index in [9.17, 15) is 18.0 Å². The van der Waals surface area contributed by atoms with Crippen LogP contribution in [0, 0.1) is 0 Å². The summed E-state index contributed by atoms with van der Waals surface area (Å²) in [6.45, 7) is 0. The Labute approximate surface area is 94.6 Å². The van der Waals surface area contributed by atoms with Gasteiger partial charge in [-0.1, -0.05) is 30.3 Å². The molecule has 0 saturated heterocycles. The van der Waals surface area contributed by atoms with Gasteiger partial charge < -0.3 is 4.74 Å². The van der Waals surface area contributed by atoms with Crippen molar-refractivity contribution in [2.75, 3.05) is 0 Å². The lowest BCUT2D eigenvalue weighted by molar-refractivity contribution is -0.189. The number of carbonyl (C=O) groups is 1. The topological polar surface area (TPSA) is 26.3 Å². The van der Waals surface area contributed by atoms with Crippen LogP contribution in [0.15, 0.2) is 42.5 Å². The number of esters is 1. The third kappa shape index (κ3) is 2.55. The second-order valence-corrected chi connectivity index (χ2v) is 3.40. The zero-order valence-corrected chi connectivity index (χ0v) is 8.49. The molecule has 0 bridgehead atoms. The molecule has 2 rings (SSSR count). The highest BCUT2D eigenvalue weighted by molar-refractivity contribution is 5.85. The lowest BCUT2D eigenvalue weighted by Gasteiger charge is -2.07. The van der Waals surface area contributed by atoms with E-state index < -0.39 is 12.1 Å². The maximum absolute atomic E-state index is 12.0. The van der Waals surface area contributed by atoms with Crippen molar-refractivity contribution in [2.45, 2.75) is 6.18 Å². The van der Waals surface area contributed by atoms with Gasteiger partial charge in [0.1, 0.15) is 5.75 Å². The molecule has 2 aromatic carbocycles. The Hall–Kier alpha value is -2.04. The highest BCUT2D eigenvalue weighted by Crippen LogP contribution is 2.23. The van der Waals surface area contributed by atoms with E-state index in [1.807, 2.05) is 12.1 Å². The number of alkyl halides is 3. The number of carbonyl (C=O) groups excluding carboxylic acids is 1. The molecule has 0 fully saturated rings. The quantitative estimate of drug-likeness (QED) is 0.564. The Bertz CT molecular complexity index is 561. The van der Waals surface area contributed by atoms with Gasteiger partial charge in [-0.05, 0) is 22.9 Å². The molecule has 0 aliphatic carbocycles. The number of ether oxygens (including phenoxy) is 1. The minimum Gasteiger partial charge on any atom is -0.420 e. The molecule has 0 saturated carbocycles. The second-order valence-electron chi connectivity index (χ2n) is 3.40. The molecule has 0 spiro atoms. The fourth-order valence-electron chi connectivity index (χ4n) is 1.40. The maximum Gasteiger partial charge on any atom is 0.491 e. The summed E-state index contributed by atoms with van der Waals surface area (Å²) in [5.41, 5.74) is 0. The maximum atomic E-state index is 12.0. The fraction of sp³-hybridized carbons (Fsp3) is 0.0833. The first-order valence-corrected chi connectivity index (χ1v) is 4.74. The van der Waals surface area contributed by atoms with Crippen LogP contribution in [0.1, 0.15) is 0 Å².